The summed E-state index contributed by atoms with van der Waals surface area (Å²) < 4.78 is 0. The van der Waals surface area contributed by atoms with E-state index in [0.29, 0.717) is 6.42 Å². The van der Waals surface area contributed by atoms with Crippen LogP contribution in [0.5, 0.6) is 0 Å². The van der Waals surface area contributed by atoms with E-state index in [1.165, 1.54) is 0 Å². The van der Waals surface area contributed by atoms with Crippen molar-refractivity contribution in [3.05, 3.63) is 0 Å². The van der Waals surface area contributed by atoms with Gasteiger partial charge in [0.05, 0.1) is 5.88 Å². The lowest BCUT2D eigenvalue weighted by Gasteiger charge is -1.94. The molecule has 0 amide bonds. The Morgan fingerprint density at radius 2 is 1.58 bits per heavy atom. The molecule has 0 saturated heterocycles. The summed E-state index contributed by atoms with van der Waals surface area (Å²) in [4.78, 5) is 31.6. The predicted octanol–water partition coefficient (Wildman–Crippen LogP) is 1.30. The predicted molar refractivity (Wildman–Crippen MR) is 45.4 cm³/mol. The van der Waals surface area contributed by atoms with E-state index in [1.54, 1.807) is 0 Å². The van der Waals surface area contributed by atoms with E-state index in [4.69, 9.17) is 23.2 Å². The lowest BCUT2D eigenvalue weighted by molar-refractivity contribution is -0.135. The Morgan fingerprint density at radius 1 is 1.00 bits per heavy atom. The Kier molecular flexibility index (Phi) is 5.93. The summed E-state index contributed by atoms with van der Waals surface area (Å²) in [7, 11) is 0. The Morgan fingerprint density at radius 3 is 2.00 bits per heavy atom. The van der Waals surface area contributed by atoms with Crippen molar-refractivity contribution in [2.75, 3.05) is 5.88 Å². The van der Waals surface area contributed by atoms with Gasteiger partial charge in [0.15, 0.2) is 5.78 Å². The van der Waals surface area contributed by atoms with Crippen LogP contribution in [-0.4, -0.2) is 22.7 Å². The van der Waals surface area contributed by atoms with E-state index in [9.17, 15) is 14.4 Å². The summed E-state index contributed by atoms with van der Waals surface area (Å²) in [6.45, 7) is 0. The average molecular weight is 211 g/mol. The first kappa shape index (κ1) is 11.6. The topological polar surface area (TPSA) is 51.2 Å². The SMILES string of the molecule is O=C(Cl)CCCC(=O)C(=O)CCl. The highest BCUT2D eigenvalue weighted by molar-refractivity contribution is 6.63. The first-order valence-corrected chi connectivity index (χ1v) is 4.29. The molecule has 0 bridgehead atoms. The molecule has 0 aromatic heterocycles. The molecule has 0 aliphatic rings. The van der Waals surface area contributed by atoms with Gasteiger partial charge in [0, 0.05) is 12.8 Å². The molecule has 0 rings (SSSR count). The zero-order chi connectivity index (χ0) is 9.56. The van der Waals surface area contributed by atoms with E-state index in [2.05, 4.69) is 0 Å². The van der Waals surface area contributed by atoms with Gasteiger partial charge in [0.1, 0.15) is 0 Å². The van der Waals surface area contributed by atoms with E-state index >= 15 is 0 Å². The van der Waals surface area contributed by atoms with Crippen molar-refractivity contribution in [3.8, 4) is 0 Å². The molecule has 0 aromatic rings. The monoisotopic (exact) mass is 210 g/mol. The number of alkyl halides is 1. The second-order valence-corrected chi connectivity index (χ2v) is 2.88. The number of carbonyl (C=O) groups is 3. The summed E-state index contributed by atoms with van der Waals surface area (Å²) in [6.07, 6.45) is 0.469. The van der Waals surface area contributed by atoms with Gasteiger partial charge in [-0.2, -0.15) is 0 Å². The maximum Gasteiger partial charge on any atom is 0.221 e. The number of hydrogen-bond donors (Lipinski definition) is 0. The summed E-state index contributed by atoms with van der Waals surface area (Å²) >= 11 is 10.1. The van der Waals surface area contributed by atoms with Crippen molar-refractivity contribution in [2.45, 2.75) is 19.3 Å². The molecule has 3 nitrogen and oxygen atoms in total. The Bertz CT molecular complexity index is 201. The fraction of sp³-hybridized carbons (Fsp3) is 0.571. The minimum Gasteiger partial charge on any atom is -0.291 e. The largest absolute Gasteiger partial charge is 0.291 e. The second-order valence-electron chi connectivity index (χ2n) is 2.19. The first-order valence-electron chi connectivity index (χ1n) is 3.38. The van der Waals surface area contributed by atoms with Gasteiger partial charge in [-0.15, -0.1) is 11.6 Å². The van der Waals surface area contributed by atoms with Gasteiger partial charge in [0.25, 0.3) is 0 Å². The lowest BCUT2D eigenvalue weighted by Crippen LogP contribution is -2.14. The molecule has 0 aliphatic heterocycles. The Balaban J connectivity index is 3.58. The van der Waals surface area contributed by atoms with Crippen molar-refractivity contribution in [1.82, 2.24) is 0 Å². The van der Waals surface area contributed by atoms with Crippen LogP contribution in [0.2, 0.25) is 0 Å². The summed E-state index contributed by atoms with van der Waals surface area (Å²) in [6, 6.07) is 0. The van der Waals surface area contributed by atoms with Gasteiger partial charge < -0.3 is 0 Å². The molecule has 5 heteroatoms. The fourth-order valence-corrected chi connectivity index (χ4v) is 0.885. The highest BCUT2D eigenvalue weighted by Gasteiger charge is 2.11. The number of Topliss-reactive ketones (excluding diaryl/α,β-unsaturated/α-hetero) is 2. The van der Waals surface area contributed by atoms with Crippen LogP contribution < -0.4 is 0 Å². The zero-order valence-corrected chi connectivity index (χ0v) is 7.82. The fourth-order valence-electron chi connectivity index (χ4n) is 0.602. The quantitative estimate of drug-likeness (QED) is 0.378. The minimum atomic E-state index is -0.612. The van der Waals surface area contributed by atoms with Crippen LogP contribution in [-0.2, 0) is 14.4 Å². The number of ketones is 2. The Hall–Kier alpha value is -0.410. The normalized spacial score (nSPS) is 9.50. The molecule has 0 N–H and O–H groups in total. The molecule has 0 heterocycles. The molecule has 0 unspecified atom stereocenters. The van der Waals surface area contributed by atoms with E-state index in [-0.39, 0.29) is 18.7 Å². The van der Waals surface area contributed by atoms with Crippen molar-refractivity contribution in [2.24, 2.45) is 0 Å². The third-order valence-electron chi connectivity index (χ3n) is 1.21. The lowest BCUT2D eigenvalue weighted by atomic mass is 10.1. The van der Waals surface area contributed by atoms with Crippen molar-refractivity contribution >= 4 is 40.0 Å². The van der Waals surface area contributed by atoms with Gasteiger partial charge in [-0.1, -0.05) is 0 Å². The van der Waals surface area contributed by atoms with Crippen LogP contribution in [0.4, 0.5) is 0 Å². The van der Waals surface area contributed by atoms with Crippen LogP contribution in [0.15, 0.2) is 0 Å². The molecular formula is C7H8Cl2O3. The van der Waals surface area contributed by atoms with Crippen LogP contribution in [0.3, 0.4) is 0 Å². The van der Waals surface area contributed by atoms with Crippen LogP contribution in [0, 0.1) is 0 Å². The molecule has 0 atom stereocenters. The molecule has 0 radical (unpaired) electrons. The molecule has 12 heavy (non-hydrogen) atoms. The number of carbonyl (C=O) groups excluding carboxylic acids is 3. The van der Waals surface area contributed by atoms with Crippen molar-refractivity contribution < 1.29 is 14.4 Å². The number of rotatable bonds is 6. The summed E-state index contributed by atoms with van der Waals surface area (Å²) in [5, 5.41) is -0.499. The van der Waals surface area contributed by atoms with E-state index in [0.717, 1.165) is 0 Å². The van der Waals surface area contributed by atoms with E-state index in [1.807, 2.05) is 0 Å². The molecule has 0 aliphatic carbocycles. The zero-order valence-electron chi connectivity index (χ0n) is 6.31. The maximum absolute atomic E-state index is 10.8. The molecule has 0 spiro atoms. The highest BCUT2D eigenvalue weighted by Crippen LogP contribution is 2.00. The summed E-state index contributed by atoms with van der Waals surface area (Å²) in [5.41, 5.74) is 0. The van der Waals surface area contributed by atoms with Gasteiger partial charge in [0.2, 0.25) is 11.0 Å². The minimum absolute atomic E-state index is 0.0456. The van der Waals surface area contributed by atoms with Gasteiger partial charge in [-0.3, -0.25) is 14.4 Å². The molecular weight excluding hydrogens is 203 g/mol. The van der Waals surface area contributed by atoms with E-state index < -0.39 is 16.8 Å². The average Bonchev–Trinajstić information content (AvgIpc) is 2.02. The standard InChI is InChI=1S/C7H8Cl2O3/c8-4-6(11)5(10)2-1-3-7(9)12/h1-4H2. The van der Waals surface area contributed by atoms with Gasteiger partial charge >= 0.3 is 0 Å². The third-order valence-corrected chi connectivity index (χ3v) is 1.64. The van der Waals surface area contributed by atoms with Crippen molar-refractivity contribution in [3.63, 3.8) is 0 Å². The third kappa shape index (κ3) is 5.27. The molecule has 0 fully saturated rings. The first-order chi connectivity index (χ1) is 5.57. The molecule has 0 saturated carbocycles. The maximum atomic E-state index is 10.8. The smallest absolute Gasteiger partial charge is 0.221 e. The number of hydrogen-bond acceptors (Lipinski definition) is 3. The molecule has 0 aromatic carbocycles. The van der Waals surface area contributed by atoms with Crippen molar-refractivity contribution in [1.29, 1.82) is 0 Å². The molecule has 68 valence electrons. The van der Waals surface area contributed by atoms with Gasteiger partial charge in [-0.05, 0) is 18.0 Å². The highest BCUT2D eigenvalue weighted by atomic mass is 35.5. The van der Waals surface area contributed by atoms with Crippen LogP contribution in [0.1, 0.15) is 19.3 Å². The van der Waals surface area contributed by atoms with Crippen LogP contribution in [0.25, 0.3) is 0 Å². The Labute approximate surface area is 80.0 Å². The second kappa shape index (κ2) is 6.14. The number of halogens is 2. The van der Waals surface area contributed by atoms with Crippen LogP contribution >= 0.6 is 23.2 Å². The van der Waals surface area contributed by atoms with Gasteiger partial charge in [-0.25, -0.2) is 0 Å². The summed E-state index contributed by atoms with van der Waals surface area (Å²) in [5.74, 6) is -1.45.